The molecule has 1 rings (SSSR count). The molecule has 1 amide bonds. The van der Waals surface area contributed by atoms with Gasteiger partial charge < -0.3 is 5.32 Å². The lowest BCUT2D eigenvalue weighted by Crippen LogP contribution is -2.35. The molecule has 1 aromatic rings. The molecular formula is C9H10F2N2O3S. The fourth-order valence-corrected chi connectivity index (χ4v) is 1.97. The summed E-state index contributed by atoms with van der Waals surface area (Å²) >= 11 is 0. The second-order valence-electron chi connectivity index (χ2n) is 3.07. The lowest BCUT2D eigenvalue weighted by Gasteiger charge is -2.06. The van der Waals surface area contributed by atoms with Gasteiger partial charge in [0.1, 0.15) is 0 Å². The van der Waals surface area contributed by atoms with Crippen molar-refractivity contribution in [1.82, 2.24) is 10.0 Å². The third-order valence-corrected chi connectivity index (χ3v) is 3.30. The molecule has 0 aliphatic carbocycles. The highest BCUT2D eigenvalue weighted by molar-refractivity contribution is 7.89. The van der Waals surface area contributed by atoms with Crippen molar-refractivity contribution < 1.29 is 22.0 Å². The average molecular weight is 264 g/mol. The number of hydrogen-bond acceptors (Lipinski definition) is 3. The Labute approximate surface area is 96.9 Å². The Morgan fingerprint density at radius 2 is 1.94 bits per heavy atom. The van der Waals surface area contributed by atoms with Crippen LogP contribution in [0.3, 0.4) is 0 Å². The van der Waals surface area contributed by atoms with Gasteiger partial charge in [-0.3, -0.25) is 4.79 Å². The van der Waals surface area contributed by atoms with E-state index >= 15 is 0 Å². The van der Waals surface area contributed by atoms with Crippen molar-refractivity contribution in [3.05, 3.63) is 29.8 Å². The second kappa shape index (κ2) is 5.19. The van der Waals surface area contributed by atoms with Gasteiger partial charge in [-0.2, -0.15) is 0 Å². The molecule has 0 aromatic heterocycles. The van der Waals surface area contributed by atoms with E-state index in [1.165, 1.54) is 7.05 Å². The molecular weight excluding hydrogens is 254 g/mol. The maximum Gasteiger partial charge on any atom is 0.241 e. The zero-order valence-corrected chi connectivity index (χ0v) is 9.64. The van der Waals surface area contributed by atoms with Gasteiger partial charge in [0.2, 0.25) is 15.9 Å². The number of likely N-dealkylation sites (N-methyl/N-ethyl adjacent to an activating group) is 1. The van der Waals surface area contributed by atoms with Gasteiger partial charge in [-0.1, -0.05) is 0 Å². The molecule has 0 radical (unpaired) electrons. The summed E-state index contributed by atoms with van der Waals surface area (Å²) in [6.45, 7) is -0.474. The SMILES string of the molecule is CNC(=O)CNS(=O)(=O)c1ccc(F)c(F)c1. The number of nitrogens with one attached hydrogen (secondary N) is 2. The van der Waals surface area contributed by atoms with E-state index in [1.807, 2.05) is 4.72 Å². The molecule has 94 valence electrons. The number of halogens is 2. The topological polar surface area (TPSA) is 75.3 Å². The van der Waals surface area contributed by atoms with Crippen LogP contribution in [-0.2, 0) is 14.8 Å². The highest BCUT2D eigenvalue weighted by Crippen LogP contribution is 2.13. The van der Waals surface area contributed by atoms with Crippen molar-refractivity contribution >= 4 is 15.9 Å². The van der Waals surface area contributed by atoms with Crippen LogP contribution in [0.2, 0.25) is 0 Å². The van der Waals surface area contributed by atoms with Crippen molar-refractivity contribution in [3.63, 3.8) is 0 Å². The van der Waals surface area contributed by atoms with Gasteiger partial charge in [-0.25, -0.2) is 21.9 Å². The molecule has 0 atom stereocenters. The van der Waals surface area contributed by atoms with Gasteiger partial charge >= 0.3 is 0 Å². The lowest BCUT2D eigenvalue weighted by molar-refractivity contribution is -0.119. The Bertz CT molecular complexity index is 531. The van der Waals surface area contributed by atoms with Crippen molar-refractivity contribution in [2.75, 3.05) is 13.6 Å². The van der Waals surface area contributed by atoms with Crippen LogP contribution in [0, 0.1) is 11.6 Å². The summed E-state index contributed by atoms with van der Waals surface area (Å²) in [5.74, 6) is -2.96. The van der Waals surface area contributed by atoms with Gasteiger partial charge in [-0.05, 0) is 18.2 Å². The third-order valence-electron chi connectivity index (χ3n) is 1.90. The molecule has 2 N–H and O–H groups in total. The zero-order chi connectivity index (χ0) is 13.1. The molecule has 8 heteroatoms. The molecule has 0 spiro atoms. The summed E-state index contributed by atoms with van der Waals surface area (Å²) in [7, 11) is -2.68. The normalized spacial score (nSPS) is 11.2. The molecule has 0 fully saturated rings. The van der Waals surface area contributed by atoms with E-state index in [2.05, 4.69) is 5.32 Å². The van der Waals surface area contributed by atoms with Crippen LogP contribution in [0.15, 0.2) is 23.1 Å². The highest BCUT2D eigenvalue weighted by Gasteiger charge is 2.17. The van der Waals surface area contributed by atoms with Crippen LogP contribution >= 0.6 is 0 Å². The van der Waals surface area contributed by atoms with Crippen LogP contribution in [0.5, 0.6) is 0 Å². The molecule has 0 saturated heterocycles. The smallest absolute Gasteiger partial charge is 0.241 e. The van der Waals surface area contributed by atoms with Gasteiger partial charge in [0, 0.05) is 7.05 Å². The van der Waals surface area contributed by atoms with Crippen LogP contribution in [-0.4, -0.2) is 27.9 Å². The Morgan fingerprint density at radius 3 is 2.47 bits per heavy atom. The molecule has 5 nitrogen and oxygen atoms in total. The molecule has 1 aromatic carbocycles. The quantitative estimate of drug-likeness (QED) is 0.803. The number of hydrogen-bond donors (Lipinski definition) is 2. The van der Waals surface area contributed by atoms with E-state index in [0.717, 1.165) is 6.07 Å². The number of amides is 1. The summed E-state index contributed by atoms with van der Waals surface area (Å²) in [5, 5.41) is 2.21. The Balaban J connectivity index is 2.90. The van der Waals surface area contributed by atoms with Crippen LogP contribution in [0.25, 0.3) is 0 Å². The monoisotopic (exact) mass is 264 g/mol. The molecule has 0 aliphatic heterocycles. The minimum absolute atomic E-state index is 0.444. The fraction of sp³-hybridized carbons (Fsp3) is 0.222. The first kappa shape index (κ1) is 13.5. The van der Waals surface area contributed by atoms with Gasteiger partial charge in [0.25, 0.3) is 0 Å². The van der Waals surface area contributed by atoms with Crippen molar-refractivity contribution in [2.45, 2.75) is 4.90 Å². The first-order chi connectivity index (χ1) is 7.86. The predicted octanol–water partition coefficient (Wildman–Crippen LogP) is -0.0109. The van der Waals surface area contributed by atoms with E-state index < -0.39 is 39.0 Å². The van der Waals surface area contributed by atoms with Gasteiger partial charge in [0.05, 0.1) is 11.4 Å². The molecule has 0 heterocycles. The minimum atomic E-state index is -4.02. The van der Waals surface area contributed by atoms with E-state index in [1.54, 1.807) is 0 Å². The predicted molar refractivity (Wildman–Crippen MR) is 55.6 cm³/mol. The lowest BCUT2D eigenvalue weighted by atomic mass is 10.3. The maximum absolute atomic E-state index is 12.8. The maximum atomic E-state index is 12.8. The van der Waals surface area contributed by atoms with Gasteiger partial charge in [0.15, 0.2) is 11.6 Å². The first-order valence-electron chi connectivity index (χ1n) is 4.52. The summed E-state index contributed by atoms with van der Waals surface area (Å²) in [6.07, 6.45) is 0. The molecule has 17 heavy (non-hydrogen) atoms. The zero-order valence-electron chi connectivity index (χ0n) is 8.83. The number of carbonyl (C=O) groups excluding carboxylic acids is 1. The number of benzene rings is 1. The van der Waals surface area contributed by atoms with E-state index in [4.69, 9.17) is 0 Å². The van der Waals surface area contributed by atoms with Crippen LogP contribution in [0.4, 0.5) is 8.78 Å². The fourth-order valence-electron chi connectivity index (χ4n) is 0.976. The number of sulfonamides is 1. The number of rotatable bonds is 4. The molecule has 0 saturated carbocycles. The minimum Gasteiger partial charge on any atom is -0.358 e. The van der Waals surface area contributed by atoms with E-state index in [9.17, 15) is 22.0 Å². The Morgan fingerprint density at radius 1 is 1.29 bits per heavy atom. The molecule has 0 bridgehead atoms. The third kappa shape index (κ3) is 3.46. The average Bonchev–Trinajstić information content (AvgIpc) is 2.29. The second-order valence-corrected chi connectivity index (χ2v) is 4.84. The van der Waals surface area contributed by atoms with Crippen LogP contribution < -0.4 is 10.0 Å². The highest BCUT2D eigenvalue weighted by atomic mass is 32.2. The Kier molecular flexibility index (Phi) is 4.13. The molecule has 0 unspecified atom stereocenters. The van der Waals surface area contributed by atoms with Gasteiger partial charge in [-0.15, -0.1) is 0 Å². The largest absolute Gasteiger partial charge is 0.358 e. The molecule has 0 aliphatic rings. The summed E-state index contributed by atoms with van der Waals surface area (Å²) in [6, 6.07) is 2.15. The Hall–Kier alpha value is -1.54. The van der Waals surface area contributed by atoms with E-state index in [-0.39, 0.29) is 0 Å². The summed E-state index contributed by atoms with van der Waals surface area (Å²) in [5.41, 5.74) is 0. The van der Waals surface area contributed by atoms with Crippen molar-refractivity contribution in [3.8, 4) is 0 Å². The first-order valence-corrected chi connectivity index (χ1v) is 6.00. The summed E-state index contributed by atoms with van der Waals surface area (Å²) in [4.78, 5) is 10.4. The van der Waals surface area contributed by atoms with Crippen LogP contribution in [0.1, 0.15) is 0 Å². The van der Waals surface area contributed by atoms with Crippen molar-refractivity contribution in [2.24, 2.45) is 0 Å². The van der Waals surface area contributed by atoms with Crippen molar-refractivity contribution in [1.29, 1.82) is 0 Å². The standard InChI is InChI=1S/C9H10F2N2O3S/c1-12-9(14)5-13-17(15,16)6-2-3-7(10)8(11)4-6/h2-4,13H,5H2,1H3,(H,12,14). The number of carbonyl (C=O) groups is 1. The van der Waals surface area contributed by atoms with E-state index in [0.29, 0.717) is 12.1 Å². The summed E-state index contributed by atoms with van der Waals surface area (Å²) < 4.78 is 50.4.